The van der Waals surface area contributed by atoms with Crippen molar-refractivity contribution in [2.75, 3.05) is 10.1 Å². The lowest BCUT2D eigenvalue weighted by Crippen LogP contribution is -2.44. The van der Waals surface area contributed by atoms with Crippen molar-refractivity contribution < 1.29 is 0 Å². The summed E-state index contributed by atoms with van der Waals surface area (Å²) in [6.07, 6.45) is 3.50. The number of hydrazone groups is 1. The first-order valence-corrected chi connectivity index (χ1v) is 7.98. The van der Waals surface area contributed by atoms with Gasteiger partial charge in [0.1, 0.15) is 6.34 Å². The molecule has 0 radical (unpaired) electrons. The second kappa shape index (κ2) is 5.45. The van der Waals surface area contributed by atoms with Gasteiger partial charge >= 0.3 is 0 Å². The third-order valence-electron chi connectivity index (χ3n) is 4.21. The summed E-state index contributed by atoms with van der Waals surface area (Å²) in [5, 5.41) is 11.1. The second-order valence-electron chi connectivity index (χ2n) is 5.72. The highest BCUT2D eigenvalue weighted by molar-refractivity contribution is 5.98. The number of hydrogen-bond donors (Lipinski definition) is 1. The van der Waals surface area contributed by atoms with Crippen LogP contribution in [0.4, 0.5) is 11.6 Å². The summed E-state index contributed by atoms with van der Waals surface area (Å²) in [5.41, 5.74) is 3.91. The van der Waals surface area contributed by atoms with Crippen LogP contribution in [0.25, 0.3) is 21.7 Å². The number of anilines is 2. The normalized spacial score (nSPS) is 13.6. The lowest BCUT2D eigenvalue weighted by molar-refractivity contribution is 0.710. The van der Waals surface area contributed by atoms with Crippen LogP contribution in [0.3, 0.4) is 0 Å². The Bertz CT molecular complexity index is 1100. The van der Waals surface area contributed by atoms with Gasteiger partial charge in [-0.05, 0) is 29.7 Å². The van der Waals surface area contributed by atoms with Crippen LogP contribution in [-0.4, -0.2) is 16.3 Å². The Balaban J connectivity index is 1.62. The number of pyridine rings is 2. The molecule has 6 heteroatoms. The molecule has 0 unspecified atom stereocenters. The van der Waals surface area contributed by atoms with Crippen molar-refractivity contribution in [1.82, 2.24) is 15.5 Å². The van der Waals surface area contributed by atoms with Crippen LogP contribution in [0, 0.1) is 0 Å². The fraction of sp³-hybridized carbons (Fsp3) is 0. The molecule has 120 valence electrons. The van der Waals surface area contributed by atoms with Gasteiger partial charge in [-0.15, -0.1) is 5.10 Å². The van der Waals surface area contributed by atoms with E-state index in [0.717, 1.165) is 33.3 Å². The van der Waals surface area contributed by atoms with Crippen molar-refractivity contribution in [3.8, 4) is 0 Å². The van der Waals surface area contributed by atoms with E-state index in [1.165, 1.54) is 0 Å². The number of para-hydroxylation sites is 1. The largest absolute Gasteiger partial charge is 0.236 e. The van der Waals surface area contributed by atoms with E-state index < -0.39 is 0 Å². The quantitative estimate of drug-likeness (QED) is 0.611. The SMILES string of the molecule is C1=NNN(c2ccc3ccccc3n2)N1c1nccc2ccccc12. The second-order valence-corrected chi connectivity index (χ2v) is 5.72. The highest BCUT2D eigenvalue weighted by atomic mass is 15.9. The van der Waals surface area contributed by atoms with Crippen LogP contribution >= 0.6 is 0 Å². The Morgan fingerprint density at radius 3 is 2.60 bits per heavy atom. The number of rotatable bonds is 2. The fourth-order valence-electron chi connectivity index (χ4n) is 3.01. The molecular weight excluding hydrogens is 312 g/mol. The van der Waals surface area contributed by atoms with Gasteiger partial charge in [-0.2, -0.15) is 10.7 Å². The molecule has 0 atom stereocenters. The topological polar surface area (TPSA) is 56.7 Å². The summed E-state index contributed by atoms with van der Waals surface area (Å²) in [4.78, 5) is 9.28. The fourth-order valence-corrected chi connectivity index (χ4v) is 3.01. The van der Waals surface area contributed by atoms with Gasteiger partial charge in [-0.3, -0.25) is 0 Å². The highest BCUT2D eigenvalue weighted by Crippen LogP contribution is 2.27. The Labute approximate surface area is 144 Å². The van der Waals surface area contributed by atoms with Crippen molar-refractivity contribution in [2.45, 2.75) is 0 Å². The molecule has 6 nitrogen and oxygen atoms in total. The van der Waals surface area contributed by atoms with Gasteiger partial charge in [-0.25, -0.2) is 15.0 Å². The Morgan fingerprint density at radius 1 is 0.800 bits per heavy atom. The summed E-state index contributed by atoms with van der Waals surface area (Å²) >= 11 is 0. The summed E-state index contributed by atoms with van der Waals surface area (Å²) in [6, 6.07) is 22.2. The van der Waals surface area contributed by atoms with E-state index in [4.69, 9.17) is 4.98 Å². The Hall–Kier alpha value is -3.67. The lowest BCUT2D eigenvalue weighted by Gasteiger charge is -2.27. The molecule has 1 N–H and O–H groups in total. The molecule has 4 aromatic rings. The molecule has 0 amide bonds. The van der Waals surface area contributed by atoms with Crippen LogP contribution in [-0.2, 0) is 0 Å². The number of aromatic nitrogens is 2. The molecule has 0 fully saturated rings. The number of hydrazine groups is 2. The molecule has 1 aliphatic heterocycles. The minimum atomic E-state index is 0.742. The molecule has 0 aliphatic carbocycles. The summed E-state index contributed by atoms with van der Waals surface area (Å²) in [7, 11) is 0. The van der Waals surface area contributed by atoms with Crippen LogP contribution in [0.5, 0.6) is 0 Å². The van der Waals surface area contributed by atoms with Gasteiger partial charge in [-0.1, -0.05) is 42.5 Å². The molecule has 0 saturated carbocycles. The zero-order chi connectivity index (χ0) is 16.6. The van der Waals surface area contributed by atoms with E-state index in [9.17, 15) is 0 Å². The highest BCUT2D eigenvalue weighted by Gasteiger charge is 2.23. The first-order chi connectivity index (χ1) is 12.4. The van der Waals surface area contributed by atoms with Crippen molar-refractivity contribution in [3.05, 3.63) is 72.9 Å². The van der Waals surface area contributed by atoms with Gasteiger partial charge in [0.15, 0.2) is 11.6 Å². The predicted molar refractivity (Wildman–Crippen MR) is 100 cm³/mol. The molecule has 2 aromatic carbocycles. The molecule has 5 rings (SSSR count). The summed E-state index contributed by atoms with van der Waals surface area (Å²) < 4.78 is 0. The number of nitrogens with zero attached hydrogens (tertiary/aromatic N) is 5. The average molecular weight is 326 g/mol. The van der Waals surface area contributed by atoms with Crippen LogP contribution in [0.1, 0.15) is 0 Å². The Kier molecular flexibility index (Phi) is 3.00. The molecule has 0 spiro atoms. The molecule has 1 aliphatic rings. The van der Waals surface area contributed by atoms with Crippen molar-refractivity contribution in [1.29, 1.82) is 0 Å². The van der Waals surface area contributed by atoms with Crippen LogP contribution in [0.15, 0.2) is 78.0 Å². The van der Waals surface area contributed by atoms with Crippen molar-refractivity contribution >= 4 is 39.6 Å². The maximum absolute atomic E-state index is 4.73. The van der Waals surface area contributed by atoms with E-state index in [2.05, 4.69) is 27.8 Å². The molecule has 0 bridgehead atoms. The van der Waals surface area contributed by atoms with E-state index in [1.807, 2.05) is 59.6 Å². The molecule has 0 saturated heterocycles. The van der Waals surface area contributed by atoms with Crippen LogP contribution < -0.4 is 15.7 Å². The third-order valence-corrected chi connectivity index (χ3v) is 4.21. The average Bonchev–Trinajstić information content (AvgIpc) is 3.17. The van der Waals surface area contributed by atoms with E-state index in [-0.39, 0.29) is 0 Å². The Morgan fingerprint density at radius 2 is 1.64 bits per heavy atom. The summed E-state index contributed by atoms with van der Waals surface area (Å²) in [6.45, 7) is 0. The minimum Gasteiger partial charge on any atom is -0.236 e. The van der Waals surface area contributed by atoms with E-state index in [1.54, 1.807) is 17.7 Å². The van der Waals surface area contributed by atoms with Gasteiger partial charge in [0.25, 0.3) is 0 Å². The number of benzene rings is 2. The van der Waals surface area contributed by atoms with Gasteiger partial charge < -0.3 is 0 Å². The molecule has 2 aromatic heterocycles. The standard InChI is InChI=1S/C19H14N6/c1-3-7-16-14(5-1)11-12-20-19(16)24-13-21-23-25(24)18-10-9-15-6-2-4-8-17(15)22-18/h1-13,23H. The maximum Gasteiger partial charge on any atom is 0.172 e. The summed E-state index contributed by atoms with van der Waals surface area (Å²) in [5.74, 6) is 1.53. The molecular formula is C19H14N6. The smallest absolute Gasteiger partial charge is 0.172 e. The number of hydrogen-bond acceptors (Lipinski definition) is 6. The van der Waals surface area contributed by atoms with Crippen LogP contribution in [0.2, 0.25) is 0 Å². The maximum atomic E-state index is 4.73. The zero-order valence-corrected chi connectivity index (χ0v) is 13.2. The molecule has 3 heterocycles. The zero-order valence-electron chi connectivity index (χ0n) is 13.2. The van der Waals surface area contributed by atoms with Crippen molar-refractivity contribution in [2.24, 2.45) is 5.10 Å². The molecule has 25 heavy (non-hydrogen) atoms. The number of nitrogens with one attached hydrogen (secondary N) is 1. The van der Waals surface area contributed by atoms with Crippen molar-refractivity contribution in [3.63, 3.8) is 0 Å². The minimum absolute atomic E-state index is 0.742. The van der Waals surface area contributed by atoms with Gasteiger partial charge in [0.05, 0.1) is 5.52 Å². The van der Waals surface area contributed by atoms with Gasteiger partial charge in [0, 0.05) is 17.0 Å². The van der Waals surface area contributed by atoms with E-state index >= 15 is 0 Å². The first kappa shape index (κ1) is 13.7. The third kappa shape index (κ3) is 2.23. The lowest BCUT2D eigenvalue weighted by atomic mass is 10.1. The van der Waals surface area contributed by atoms with Gasteiger partial charge in [0.2, 0.25) is 0 Å². The monoisotopic (exact) mass is 326 g/mol. The van der Waals surface area contributed by atoms with E-state index in [0.29, 0.717) is 0 Å². The first-order valence-electron chi connectivity index (χ1n) is 7.98. The number of fused-ring (bicyclic) bond motifs is 2. The predicted octanol–water partition coefficient (Wildman–Crippen LogP) is 3.47.